The molecule has 2 saturated heterocycles. The van der Waals surface area contributed by atoms with Gasteiger partial charge in [0.25, 0.3) is 0 Å². The lowest BCUT2D eigenvalue weighted by Crippen LogP contribution is -2.66. The summed E-state index contributed by atoms with van der Waals surface area (Å²) in [7, 11) is 0. The lowest BCUT2D eigenvalue weighted by molar-refractivity contribution is -0.127. The lowest BCUT2D eigenvalue weighted by atomic mass is 9.78. The van der Waals surface area contributed by atoms with E-state index in [4.69, 9.17) is 27.9 Å². The maximum Gasteiger partial charge on any atom is 0.183 e. The molecule has 5 heterocycles. The smallest absolute Gasteiger partial charge is 0.183 e. The Morgan fingerprint density at radius 2 is 1.81 bits per heavy atom. The Hall–Kier alpha value is -3.01. The molecule has 11 heteroatoms. The Labute approximate surface area is 186 Å². The van der Waals surface area contributed by atoms with E-state index in [2.05, 4.69) is 40.1 Å². The van der Waals surface area contributed by atoms with Crippen molar-refractivity contribution in [2.75, 3.05) is 36.5 Å². The second-order valence-electron chi connectivity index (χ2n) is 7.84. The quantitative estimate of drug-likeness (QED) is 0.480. The van der Waals surface area contributed by atoms with E-state index in [1.54, 1.807) is 24.5 Å². The number of fused-ring (bicyclic) bond motifs is 1. The van der Waals surface area contributed by atoms with Crippen molar-refractivity contribution >= 4 is 51.8 Å². The molecular weight excluding hydrogens is 439 g/mol. The van der Waals surface area contributed by atoms with Gasteiger partial charge >= 0.3 is 0 Å². The van der Waals surface area contributed by atoms with Gasteiger partial charge in [0.05, 0.1) is 34.2 Å². The summed E-state index contributed by atoms with van der Waals surface area (Å²) < 4.78 is 5.34. The largest absolute Gasteiger partial charge is 0.380 e. The van der Waals surface area contributed by atoms with Crippen LogP contribution in [0.3, 0.4) is 0 Å². The normalized spacial score (nSPS) is 16.9. The van der Waals surface area contributed by atoms with Crippen molar-refractivity contribution in [3.8, 4) is 11.4 Å². The van der Waals surface area contributed by atoms with E-state index < -0.39 is 0 Å². The average molecular weight is 455 g/mol. The number of aromatic amines is 1. The van der Waals surface area contributed by atoms with E-state index in [1.807, 2.05) is 6.07 Å². The summed E-state index contributed by atoms with van der Waals surface area (Å²) in [5.74, 6) is 2.56. The van der Waals surface area contributed by atoms with Crippen molar-refractivity contribution in [1.29, 1.82) is 0 Å². The monoisotopic (exact) mass is 454 g/mol. The number of benzene rings is 1. The molecule has 6 rings (SSSR count). The maximum absolute atomic E-state index is 6.34. The molecule has 1 aromatic carbocycles. The Balaban J connectivity index is 1.30. The fourth-order valence-corrected chi connectivity index (χ4v) is 4.55. The van der Waals surface area contributed by atoms with Crippen molar-refractivity contribution in [2.45, 2.75) is 0 Å². The van der Waals surface area contributed by atoms with E-state index in [-0.39, 0.29) is 0 Å². The summed E-state index contributed by atoms with van der Waals surface area (Å²) in [5.41, 5.74) is 2.05. The highest BCUT2D eigenvalue weighted by Gasteiger charge is 2.49. The van der Waals surface area contributed by atoms with Crippen molar-refractivity contribution in [1.82, 2.24) is 29.9 Å². The fraction of sp³-hybridized carbons (Fsp3) is 0.250. The first kappa shape index (κ1) is 18.7. The minimum Gasteiger partial charge on any atom is -0.380 e. The zero-order valence-electron chi connectivity index (χ0n) is 16.1. The van der Waals surface area contributed by atoms with Crippen LogP contribution in [0.1, 0.15) is 0 Å². The van der Waals surface area contributed by atoms with Gasteiger partial charge in [-0.25, -0.2) is 24.9 Å². The highest BCUT2D eigenvalue weighted by atomic mass is 35.5. The van der Waals surface area contributed by atoms with Crippen molar-refractivity contribution < 1.29 is 4.74 Å². The molecule has 0 saturated carbocycles. The van der Waals surface area contributed by atoms with Gasteiger partial charge in [-0.15, -0.1) is 0 Å². The highest BCUT2D eigenvalue weighted by Crippen LogP contribution is 2.40. The first-order chi connectivity index (χ1) is 15.1. The number of imidazole rings is 1. The van der Waals surface area contributed by atoms with Gasteiger partial charge in [-0.05, 0) is 12.1 Å². The van der Waals surface area contributed by atoms with Gasteiger partial charge in [0.2, 0.25) is 0 Å². The second kappa shape index (κ2) is 7.01. The molecule has 2 fully saturated rings. The van der Waals surface area contributed by atoms with Crippen LogP contribution in [0.4, 0.5) is 17.5 Å². The number of nitrogens with one attached hydrogen (secondary N) is 2. The zero-order valence-corrected chi connectivity index (χ0v) is 17.7. The molecule has 2 aliphatic heterocycles. The summed E-state index contributed by atoms with van der Waals surface area (Å²) in [5, 5.41) is 4.24. The maximum atomic E-state index is 6.34. The van der Waals surface area contributed by atoms with Gasteiger partial charge in [-0.3, -0.25) is 0 Å². The molecule has 9 nitrogen and oxygen atoms in total. The fourth-order valence-electron chi connectivity index (χ4n) is 3.97. The van der Waals surface area contributed by atoms with E-state index >= 15 is 0 Å². The summed E-state index contributed by atoms with van der Waals surface area (Å²) in [6.45, 7) is 3.56. The number of nitrogens with zero attached hydrogens (tertiary/aromatic N) is 6. The summed E-state index contributed by atoms with van der Waals surface area (Å²) in [6, 6.07) is 7.22. The van der Waals surface area contributed by atoms with Crippen LogP contribution >= 0.6 is 23.2 Å². The van der Waals surface area contributed by atoms with E-state index in [0.29, 0.717) is 49.6 Å². The van der Waals surface area contributed by atoms with Crippen LogP contribution < -0.4 is 10.2 Å². The van der Waals surface area contributed by atoms with E-state index in [0.717, 1.165) is 32.1 Å². The number of ether oxygens (including phenoxy) is 1. The molecule has 2 N–H and O–H groups in total. The third-order valence-electron chi connectivity index (χ3n) is 5.58. The number of anilines is 3. The van der Waals surface area contributed by atoms with Crippen molar-refractivity contribution in [2.24, 2.45) is 5.41 Å². The minimum absolute atomic E-state index is 0.309. The van der Waals surface area contributed by atoms with Crippen LogP contribution in [0.5, 0.6) is 0 Å². The van der Waals surface area contributed by atoms with Crippen LogP contribution in [-0.4, -0.2) is 56.2 Å². The molecule has 0 bridgehead atoms. The molecule has 0 amide bonds. The second-order valence-corrected chi connectivity index (χ2v) is 8.65. The molecule has 4 aromatic rings. The van der Waals surface area contributed by atoms with Crippen molar-refractivity contribution in [3.05, 3.63) is 47.0 Å². The number of hydrogen-bond donors (Lipinski definition) is 2. The Morgan fingerprint density at radius 1 is 1.03 bits per heavy atom. The number of rotatable bonds is 4. The molecule has 0 unspecified atom stereocenters. The molecule has 2 aliphatic rings. The zero-order chi connectivity index (χ0) is 21.0. The molecular formula is C20H16Cl2N8O. The highest BCUT2D eigenvalue weighted by molar-refractivity contribution is 6.39. The van der Waals surface area contributed by atoms with Gasteiger partial charge in [0, 0.05) is 19.2 Å². The first-order valence-electron chi connectivity index (χ1n) is 9.67. The first-order valence-corrected chi connectivity index (χ1v) is 10.4. The molecule has 156 valence electrons. The van der Waals surface area contributed by atoms with Gasteiger partial charge in [-0.1, -0.05) is 29.3 Å². The standard InChI is InChI=1S/C20H16Cl2N8O/c21-11-2-1-3-12(22)15(11)17-28-16-18(25-10-26-19(16)29-17)27-13-4-14(24-9-23-13)30-5-20(6-30)7-31-8-20/h1-4,9-10H,5-8H2,(H2,23,24,25,26,27,28,29). The molecule has 1 spiro atoms. The van der Waals surface area contributed by atoms with E-state index in [1.165, 1.54) is 6.33 Å². The van der Waals surface area contributed by atoms with Crippen molar-refractivity contribution in [3.63, 3.8) is 0 Å². The van der Waals surface area contributed by atoms with Gasteiger partial charge in [-0.2, -0.15) is 0 Å². The third kappa shape index (κ3) is 3.16. The Bertz CT molecular complexity index is 1280. The summed E-state index contributed by atoms with van der Waals surface area (Å²) in [6.07, 6.45) is 2.99. The Kier molecular flexibility index (Phi) is 4.24. The SMILES string of the molecule is Clc1cccc(Cl)c1-c1nc2ncnc(Nc3cc(N4CC5(COC5)C4)ncn3)c2[nH]1. The van der Waals surface area contributed by atoms with Crippen LogP contribution in [0.15, 0.2) is 36.9 Å². The molecule has 0 radical (unpaired) electrons. The van der Waals surface area contributed by atoms with Gasteiger partial charge in [0.1, 0.15) is 35.6 Å². The lowest BCUT2D eigenvalue weighted by Gasteiger charge is -2.55. The molecule has 0 aliphatic carbocycles. The van der Waals surface area contributed by atoms with Crippen LogP contribution in [0.2, 0.25) is 10.0 Å². The number of halogens is 2. The van der Waals surface area contributed by atoms with Gasteiger partial charge < -0.3 is 19.9 Å². The summed E-state index contributed by atoms with van der Waals surface area (Å²) >= 11 is 12.7. The summed E-state index contributed by atoms with van der Waals surface area (Å²) in [4.78, 5) is 27.3. The van der Waals surface area contributed by atoms with Crippen LogP contribution in [0.25, 0.3) is 22.6 Å². The minimum atomic E-state index is 0.309. The number of hydrogen-bond acceptors (Lipinski definition) is 8. The predicted octanol–water partition coefficient (Wildman–Crippen LogP) is 3.70. The van der Waals surface area contributed by atoms with Gasteiger partial charge in [0.15, 0.2) is 11.5 Å². The average Bonchev–Trinajstić information content (AvgIpc) is 3.11. The molecule has 3 aromatic heterocycles. The number of H-pyrrole nitrogens is 1. The molecule has 0 atom stereocenters. The predicted molar refractivity (Wildman–Crippen MR) is 118 cm³/mol. The molecule has 31 heavy (non-hydrogen) atoms. The Morgan fingerprint density at radius 3 is 2.55 bits per heavy atom. The van der Waals surface area contributed by atoms with Crippen LogP contribution in [0, 0.1) is 5.41 Å². The topological polar surface area (TPSA) is 105 Å². The number of aromatic nitrogens is 6. The van der Waals surface area contributed by atoms with Crippen LogP contribution in [-0.2, 0) is 4.74 Å². The van der Waals surface area contributed by atoms with E-state index in [9.17, 15) is 0 Å². The third-order valence-corrected chi connectivity index (χ3v) is 6.21.